The largest absolute Gasteiger partial charge is 0.395 e. The van der Waals surface area contributed by atoms with Crippen molar-refractivity contribution in [3.63, 3.8) is 0 Å². The van der Waals surface area contributed by atoms with Crippen molar-refractivity contribution in [1.29, 1.82) is 0 Å². The van der Waals surface area contributed by atoms with Crippen molar-refractivity contribution in [1.82, 2.24) is 14.9 Å². The Labute approximate surface area is 217 Å². The number of amides is 1. The van der Waals surface area contributed by atoms with Crippen LogP contribution in [-0.2, 0) is 0 Å². The smallest absolute Gasteiger partial charge is 0.276 e. The number of aliphatic hydroxyl groups excluding tert-OH is 1. The first kappa shape index (κ1) is 26.1. The van der Waals surface area contributed by atoms with Crippen LogP contribution in [0.2, 0.25) is 10.0 Å². The maximum Gasteiger partial charge on any atom is 0.276 e. The first-order valence-electron chi connectivity index (χ1n) is 12.5. The summed E-state index contributed by atoms with van der Waals surface area (Å²) in [5.41, 5.74) is 8.84. The first-order valence-corrected chi connectivity index (χ1v) is 13.3. The minimum Gasteiger partial charge on any atom is -0.395 e. The number of carbonyl (C=O) groups is 1. The molecule has 9 heteroatoms. The van der Waals surface area contributed by atoms with Crippen LogP contribution >= 0.6 is 23.2 Å². The standard InChI is InChI=1S/C26H35Cl2N5O2/c1-3-12-33(15-16-34)25(35)23-24(32-13-10-26(11-14-32)9-5-8-20(26)29)30-17(2)22(31-23)18-6-4-7-19(27)21(18)28/h4,6-7,20,34H,3,5,8-16,29H2,1-2H3/t20-/m1/s1. The third kappa shape index (κ3) is 5.15. The topological polar surface area (TPSA) is 95.6 Å². The van der Waals surface area contributed by atoms with Crippen LogP contribution in [0.5, 0.6) is 0 Å². The van der Waals surface area contributed by atoms with E-state index in [-0.39, 0.29) is 36.2 Å². The van der Waals surface area contributed by atoms with Gasteiger partial charge in [-0.3, -0.25) is 4.79 Å². The lowest BCUT2D eigenvalue weighted by Crippen LogP contribution is -2.47. The molecule has 190 valence electrons. The van der Waals surface area contributed by atoms with Crippen LogP contribution in [0.1, 0.15) is 61.6 Å². The zero-order chi connectivity index (χ0) is 25.2. The second kappa shape index (κ2) is 11.0. The summed E-state index contributed by atoms with van der Waals surface area (Å²) in [6, 6.07) is 5.61. The summed E-state index contributed by atoms with van der Waals surface area (Å²) in [6.45, 7) is 6.11. The maximum absolute atomic E-state index is 13.7. The number of nitrogens with two attached hydrogens (primary N) is 1. The first-order chi connectivity index (χ1) is 16.8. The van der Waals surface area contributed by atoms with Gasteiger partial charge in [0.15, 0.2) is 11.5 Å². The molecule has 1 aliphatic carbocycles. The fourth-order valence-electron chi connectivity index (χ4n) is 5.62. The predicted octanol–water partition coefficient (Wildman–Crippen LogP) is 4.70. The van der Waals surface area contributed by atoms with E-state index in [4.69, 9.17) is 38.9 Å². The molecule has 4 rings (SSSR count). The van der Waals surface area contributed by atoms with Gasteiger partial charge in [0.25, 0.3) is 5.91 Å². The van der Waals surface area contributed by atoms with Crippen molar-refractivity contribution in [2.24, 2.45) is 11.1 Å². The Morgan fingerprint density at radius 1 is 1.23 bits per heavy atom. The van der Waals surface area contributed by atoms with E-state index in [0.29, 0.717) is 39.4 Å². The van der Waals surface area contributed by atoms with Crippen LogP contribution in [0.3, 0.4) is 0 Å². The number of hydrogen-bond donors (Lipinski definition) is 2. The van der Waals surface area contributed by atoms with E-state index in [1.807, 2.05) is 26.0 Å². The minimum atomic E-state index is -0.236. The number of rotatable bonds is 7. The summed E-state index contributed by atoms with van der Waals surface area (Å²) in [5.74, 6) is 0.357. The minimum absolute atomic E-state index is 0.114. The van der Waals surface area contributed by atoms with Gasteiger partial charge in [-0.1, -0.05) is 48.7 Å². The number of anilines is 1. The van der Waals surface area contributed by atoms with E-state index < -0.39 is 0 Å². The Bertz CT molecular complexity index is 1070. The van der Waals surface area contributed by atoms with Crippen LogP contribution in [0.4, 0.5) is 5.82 Å². The van der Waals surface area contributed by atoms with E-state index in [0.717, 1.165) is 38.8 Å². The van der Waals surface area contributed by atoms with E-state index in [2.05, 4.69) is 4.90 Å². The molecule has 3 N–H and O–H groups in total. The molecular formula is C26H35Cl2N5O2. The van der Waals surface area contributed by atoms with Gasteiger partial charge in [0.2, 0.25) is 0 Å². The molecule has 2 fully saturated rings. The fraction of sp³-hybridized carbons (Fsp3) is 0.577. The van der Waals surface area contributed by atoms with Crippen molar-refractivity contribution in [3.05, 3.63) is 39.6 Å². The van der Waals surface area contributed by atoms with Crippen molar-refractivity contribution in [3.8, 4) is 11.3 Å². The van der Waals surface area contributed by atoms with Crippen LogP contribution in [0.15, 0.2) is 18.2 Å². The molecule has 0 unspecified atom stereocenters. The molecule has 1 amide bonds. The summed E-state index contributed by atoms with van der Waals surface area (Å²) >= 11 is 12.8. The molecule has 0 bridgehead atoms. The highest BCUT2D eigenvalue weighted by Gasteiger charge is 2.43. The maximum atomic E-state index is 13.7. The van der Waals surface area contributed by atoms with Crippen LogP contribution in [0, 0.1) is 12.3 Å². The van der Waals surface area contributed by atoms with Gasteiger partial charge in [0.1, 0.15) is 0 Å². The Kier molecular flexibility index (Phi) is 8.21. The number of nitrogens with zero attached hydrogens (tertiary/aromatic N) is 4. The predicted molar refractivity (Wildman–Crippen MR) is 141 cm³/mol. The third-order valence-electron chi connectivity index (χ3n) is 7.65. The zero-order valence-electron chi connectivity index (χ0n) is 20.6. The van der Waals surface area contributed by atoms with E-state index in [9.17, 15) is 9.90 Å². The summed E-state index contributed by atoms with van der Waals surface area (Å²) in [4.78, 5) is 27.3. The average Bonchev–Trinajstić information content (AvgIpc) is 3.20. The Hall–Kier alpha value is -1.93. The molecule has 1 atom stereocenters. The molecule has 7 nitrogen and oxygen atoms in total. The lowest BCUT2D eigenvalue weighted by molar-refractivity contribution is 0.0716. The van der Waals surface area contributed by atoms with Gasteiger partial charge in [-0.15, -0.1) is 0 Å². The Morgan fingerprint density at radius 3 is 2.60 bits per heavy atom. The van der Waals surface area contributed by atoms with Crippen LogP contribution in [-0.4, -0.2) is 64.7 Å². The molecule has 1 aromatic carbocycles. The van der Waals surface area contributed by atoms with Gasteiger partial charge in [-0.05, 0) is 50.5 Å². The van der Waals surface area contributed by atoms with Gasteiger partial charge < -0.3 is 20.6 Å². The molecule has 2 aliphatic rings. The van der Waals surface area contributed by atoms with Crippen LogP contribution < -0.4 is 10.6 Å². The second-order valence-electron chi connectivity index (χ2n) is 9.80. The summed E-state index contributed by atoms with van der Waals surface area (Å²) < 4.78 is 0. The van der Waals surface area contributed by atoms with Gasteiger partial charge in [-0.25, -0.2) is 9.97 Å². The Balaban J connectivity index is 1.76. The number of hydrogen-bond acceptors (Lipinski definition) is 6. The van der Waals surface area contributed by atoms with Crippen LogP contribution in [0.25, 0.3) is 11.3 Å². The molecule has 1 spiro atoms. The van der Waals surface area contributed by atoms with Gasteiger partial charge in [0.05, 0.1) is 28.0 Å². The summed E-state index contributed by atoms with van der Waals surface area (Å²) in [5, 5.41) is 10.4. The summed E-state index contributed by atoms with van der Waals surface area (Å²) in [6.07, 6.45) is 6.19. The quantitative estimate of drug-likeness (QED) is 0.550. The Morgan fingerprint density at radius 2 is 1.97 bits per heavy atom. The fourth-order valence-corrected chi connectivity index (χ4v) is 6.01. The van der Waals surface area contributed by atoms with Crippen molar-refractivity contribution < 1.29 is 9.90 Å². The lowest BCUT2D eigenvalue weighted by atomic mass is 9.74. The highest BCUT2D eigenvalue weighted by atomic mass is 35.5. The van der Waals surface area contributed by atoms with Crippen molar-refractivity contribution in [2.75, 3.05) is 37.7 Å². The summed E-state index contributed by atoms with van der Waals surface area (Å²) in [7, 11) is 0. The number of halogens is 2. The van der Waals surface area contributed by atoms with Crippen molar-refractivity contribution >= 4 is 34.9 Å². The third-order valence-corrected chi connectivity index (χ3v) is 8.47. The number of aryl methyl sites for hydroxylation is 1. The molecule has 2 aromatic rings. The highest BCUT2D eigenvalue weighted by molar-refractivity contribution is 6.43. The number of aliphatic hydroxyl groups is 1. The van der Waals surface area contributed by atoms with Gasteiger partial charge in [-0.2, -0.15) is 0 Å². The van der Waals surface area contributed by atoms with E-state index >= 15 is 0 Å². The molecule has 35 heavy (non-hydrogen) atoms. The number of carbonyl (C=O) groups excluding carboxylic acids is 1. The van der Waals surface area contributed by atoms with Gasteiger partial charge >= 0.3 is 0 Å². The number of aromatic nitrogens is 2. The molecule has 1 aromatic heterocycles. The number of piperidine rings is 1. The second-order valence-corrected chi connectivity index (χ2v) is 10.6. The normalized spacial score (nSPS) is 19.4. The monoisotopic (exact) mass is 519 g/mol. The number of benzene rings is 1. The van der Waals surface area contributed by atoms with E-state index in [1.165, 1.54) is 12.8 Å². The average molecular weight is 521 g/mol. The molecule has 1 saturated carbocycles. The molecule has 1 saturated heterocycles. The molecule has 1 aliphatic heterocycles. The molecular weight excluding hydrogens is 485 g/mol. The molecule has 0 radical (unpaired) electrons. The van der Waals surface area contributed by atoms with Crippen molar-refractivity contribution in [2.45, 2.75) is 58.4 Å². The lowest BCUT2D eigenvalue weighted by Gasteiger charge is -2.43. The van der Waals surface area contributed by atoms with E-state index in [1.54, 1.807) is 11.0 Å². The SMILES string of the molecule is CCCN(CCO)C(=O)c1nc(-c2cccc(Cl)c2Cl)c(C)nc1N1CCC2(CCC[C@H]2N)CC1. The zero-order valence-corrected chi connectivity index (χ0v) is 22.1. The molecule has 2 heterocycles. The van der Waals surface area contributed by atoms with Gasteiger partial charge in [0, 0.05) is 37.8 Å². The highest BCUT2D eigenvalue weighted by Crippen LogP contribution is 2.46.